The largest absolute Gasteiger partial charge is 0.493 e. The number of carbonyl (C=O) groups is 2. The van der Waals surface area contributed by atoms with E-state index < -0.39 is 18.5 Å². The van der Waals surface area contributed by atoms with Gasteiger partial charge in [-0.25, -0.2) is 9.80 Å². The van der Waals surface area contributed by atoms with Gasteiger partial charge in [0, 0.05) is 17.7 Å². The maximum absolute atomic E-state index is 12.6. The molecule has 0 aromatic heterocycles. The maximum Gasteiger partial charge on any atom is 0.358 e. The first-order chi connectivity index (χ1) is 15.5. The number of hydrazone groups is 1. The molecule has 0 saturated heterocycles. The Morgan fingerprint density at radius 3 is 2.62 bits per heavy atom. The lowest BCUT2D eigenvalue weighted by Gasteiger charge is -2.23. The molecule has 0 fully saturated rings. The first kappa shape index (κ1) is 22.8. The van der Waals surface area contributed by atoms with Crippen LogP contribution in [0.2, 0.25) is 0 Å². The fourth-order valence-electron chi connectivity index (χ4n) is 3.19. The molecule has 2 aromatic rings. The average Bonchev–Trinajstić information content (AvgIpc) is 2.82. The Bertz CT molecular complexity index is 1020. The van der Waals surface area contributed by atoms with Crippen molar-refractivity contribution >= 4 is 23.3 Å². The molecule has 2 aromatic carbocycles. The molecule has 168 valence electrons. The van der Waals surface area contributed by atoms with Gasteiger partial charge in [0.25, 0.3) is 5.91 Å². The molecular formula is C23H25N3O6. The Labute approximate surface area is 185 Å². The number of carboxylic acid groups (broad SMARTS) is 1. The number of oxime groups is 1. The van der Waals surface area contributed by atoms with Crippen LogP contribution in [0.1, 0.15) is 30.9 Å². The third-order valence-electron chi connectivity index (χ3n) is 4.70. The van der Waals surface area contributed by atoms with Crippen molar-refractivity contribution in [1.82, 2.24) is 5.01 Å². The molecule has 0 radical (unpaired) electrons. The molecule has 0 atom stereocenters. The number of carbonyl (C=O) groups excluding carboxylic acids is 1. The number of nitrogens with zero attached hydrogens (tertiary/aromatic N) is 3. The Balaban J connectivity index is 1.70. The molecular weight excluding hydrogens is 414 g/mol. The van der Waals surface area contributed by atoms with Crippen molar-refractivity contribution in [3.8, 4) is 11.5 Å². The third-order valence-corrected chi connectivity index (χ3v) is 4.70. The quantitative estimate of drug-likeness (QED) is 0.475. The molecule has 1 heterocycles. The number of rotatable bonds is 9. The summed E-state index contributed by atoms with van der Waals surface area (Å²) >= 11 is 0. The third kappa shape index (κ3) is 5.63. The van der Waals surface area contributed by atoms with E-state index in [1.165, 1.54) is 5.01 Å². The molecule has 1 aliphatic rings. The van der Waals surface area contributed by atoms with Gasteiger partial charge in [0.15, 0.2) is 23.8 Å². The van der Waals surface area contributed by atoms with Gasteiger partial charge in [-0.05, 0) is 38.0 Å². The summed E-state index contributed by atoms with van der Waals surface area (Å²) in [4.78, 5) is 29.1. The van der Waals surface area contributed by atoms with Gasteiger partial charge < -0.3 is 19.4 Å². The van der Waals surface area contributed by atoms with Crippen molar-refractivity contribution in [1.29, 1.82) is 0 Å². The molecule has 1 N–H and O–H groups in total. The Morgan fingerprint density at radius 1 is 1.16 bits per heavy atom. The molecule has 1 amide bonds. The summed E-state index contributed by atoms with van der Waals surface area (Å²) in [5.74, 6) is -0.425. The number of amides is 1. The fraction of sp³-hybridized carbons (Fsp3) is 0.304. The highest BCUT2D eigenvalue weighted by Gasteiger charge is 2.21. The van der Waals surface area contributed by atoms with E-state index in [4.69, 9.17) is 14.3 Å². The Hall–Kier alpha value is -3.88. The van der Waals surface area contributed by atoms with Crippen LogP contribution >= 0.6 is 0 Å². The summed E-state index contributed by atoms with van der Waals surface area (Å²) in [5, 5.41) is 18.8. The highest BCUT2D eigenvalue weighted by Crippen LogP contribution is 2.29. The van der Waals surface area contributed by atoms with Gasteiger partial charge in [-0.3, -0.25) is 4.79 Å². The molecule has 1 aliphatic heterocycles. The lowest BCUT2D eigenvalue weighted by atomic mass is 10.0. The van der Waals surface area contributed by atoms with E-state index in [-0.39, 0.29) is 5.71 Å². The SMILES string of the molecule is CCOc1cc(C2=NN(C(=O)CO/N=C(/C(=O)O)c3ccccc3)CCC2)ccc1OC. The van der Waals surface area contributed by atoms with Crippen molar-refractivity contribution in [3.63, 3.8) is 0 Å². The van der Waals surface area contributed by atoms with Gasteiger partial charge in [0.2, 0.25) is 0 Å². The summed E-state index contributed by atoms with van der Waals surface area (Å²) in [6.07, 6.45) is 1.44. The van der Waals surface area contributed by atoms with Crippen LogP contribution in [0.15, 0.2) is 58.8 Å². The van der Waals surface area contributed by atoms with Crippen molar-refractivity contribution < 1.29 is 29.0 Å². The van der Waals surface area contributed by atoms with Crippen LogP contribution in [0.25, 0.3) is 0 Å². The van der Waals surface area contributed by atoms with Crippen LogP contribution in [0.5, 0.6) is 11.5 Å². The minimum Gasteiger partial charge on any atom is -0.493 e. The van der Waals surface area contributed by atoms with Crippen molar-refractivity contribution in [2.24, 2.45) is 10.3 Å². The number of hydrogen-bond donors (Lipinski definition) is 1. The number of hydrogen-bond acceptors (Lipinski definition) is 7. The average molecular weight is 439 g/mol. The van der Waals surface area contributed by atoms with Crippen LogP contribution < -0.4 is 9.47 Å². The molecule has 0 saturated carbocycles. The molecule has 0 spiro atoms. The Kier molecular flexibility index (Phi) is 7.80. The molecule has 3 rings (SSSR count). The van der Waals surface area contributed by atoms with Crippen LogP contribution in [-0.4, -0.2) is 60.3 Å². The second-order valence-corrected chi connectivity index (χ2v) is 6.85. The zero-order valence-electron chi connectivity index (χ0n) is 18.0. The van der Waals surface area contributed by atoms with Gasteiger partial charge in [-0.2, -0.15) is 5.10 Å². The highest BCUT2D eigenvalue weighted by atomic mass is 16.6. The predicted octanol–water partition coefficient (Wildman–Crippen LogP) is 2.93. The molecule has 9 nitrogen and oxygen atoms in total. The van der Waals surface area contributed by atoms with Gasteiger partial charge in [0.05, 0.1) is 19.4 Å². The summed E-state index contributed by atoms with van der Waals surface area (Å²) in [5.41, 5.74) is 1.69. The summed E-state index contributed by atoms with van der Waals surface area (Å²) in [7, 11) is 1.58. The van der Waals surface area contributed by atoms with E-state index in [2.05, 4.69) is 10.3 Å². The van der Waals surface area contributed by atoms with E-state index in [1.807, 2.05) is 19.1 Å². The summed E-state index contributed by atoms with van der Waals surface area (Å²) < 4.78 is 10.9. The van der Waals surface area contributed by atoms with Crippen molar-refractivity contribution in [2.75, 3.05) is 26.9 Å². The maximum atomic E-state index is 12.6. The minimum absolute atomic E-state index is 0.275. The van der Waals surface area contributed by atoms with E-state index in [9.17, 15) is 14.7 Å². The number of carboxylic acids is 1. The molecule has 0 aliphatic carbocycles. The first-order valence-electron chi connectivity index (χ1n) is 10.2. The van der Waals surface area contributed by atoms with E-state index >= 15 is 0 Å². The van der Waals surface area contributed by atoms with Crippen molar-refractivity contribution in [2.45, 2.75) is 19.8 Å². The smallest absolute Gasteiger partial charge is 0.358 e. The monoisotopic (exact) mass is 439 g/mol. The topological polar surface area (TPSA) is 110 Å². The van der Waals surface area contributed by atoms with Gasteiger partial charge in [-0.1, -0.05) is 35.5 Å². The zero-order valence-corrected chi connectivity index (χ0v) is 18.0. The summed E-state index contributed by atoms with van der Waals surface area (Å²) in [6.45, 7) is 2.40. The van der Waals surface area contributed by atoms with Crippen LogP contribution in [0.3, 0.4) is 0 Å². The van der Waals surface area contributed by atoms with E-state index in [0.29, 0.717) is 36.6 Å². The lowest BCUT2D eigenvalue weighted by Crippen LogP contribution is -2.34. The predicted molar refractivity (Wildman–Crippen MR) is 118 cm³/mol. The van der Waals surface area contributed by atoms with Crippen LogP contribution in [-0.2, 0) is 14.4 Å². The van der Waals surface area contributed by atoms with E-state index in [0.717, 1.165) is 17.7 Å². The lowest BCUT2D eigenvalue weighted by molar-refractivity contribution is -0.137. The van der Waals surface area contributed by atoms with Crippen LogP contribution in [0, 0.1) is 0 Å². The number of benzene rings is 2. The molecule has 32 heavy (non-hydrogen) atoms. The summed E-state index contributed by atoms with van der Waals surface area (Å²) in [6, 6.07) is 13.9. The molecule has 0 bridgehead atoms. The zero-order chi connectivity index (χ0) is 22.9. The van der Waals surface area contributed by atoms with Gasteiger partial charge >= 0.3 is 5.97 Å². The number of ether oxygens (including phenoxy) is 2. The Morgan fingerprint density at radius 2 is 1.94 bits per heavy atom. The highest BCUT2D eigenvalue weighted by molar-refractivity contribution is 6.42. The molecule has 9 heteroatoms. The van der Waals surface area contributed by atoms with Crippen molar-refractivity contribution in [3.05, 3.63) is 59.7 Å². The standard InChI is InChI=1S/C23H25N3O6/c1-3-31-20-14-17(11-12-19(20)30-2)18-10-7-13-26(24-18)21(27)15-32-25-22(23(28)29)16-8-5-4-6-9-16/h4-6,8-9,11-12,14H,3,7,10,13,15H2,1-2H3,(H,28,29)/b25-22+. The number of methoxy groups -OCH3 is 1. The van der Waals surface area contributed by atoms with Gasteiger partial charge in [0.1, 0.15) is 0 Å². The minimum atomic E-state index is -1.24. The number of aliphatic carboxylic acids is 1. The van der Waals surface area contributed by atoms with Gasteiger partial charge in [-0.15, -0.1) is 0 Å². The molecule has 0 unspecified atom stereocenters. The fourth-order valence-corrected chi connectivity index (χ4v) is 3.19. The second kappa shape index (κ2) is 10.9. The van der Waals surface area contributed by atoms with Crippen LogP contribution in [0.4, 0.5) is 0 Å². The normalized spacial score (nSPS) is 13.9. The van der Waals surface area contributed by atoms with E-state index in [1.54, 1.807) is 43.5 Å². The second-order valence-electron chi connectivity index (χ2n) is 6.85. The first-order valence-corrected chi connectivity index (χ1v) is 10.2.